The number of guanidine groups is 1. The van der Waals surface area contributed by atoms with Gasteiger partial charge in [0.1, 0.15) is 0 Å². The molecule has 1 aromatic carbocycles. The number of aryl methyl sites for hydroxylation is 1. The lowest BCUT2D eigenvalue weighted by Crippen LogP contribution is -2.54. The van der Waals surface area contributed by atoms with Gasteiger partial charge >= 0.3 is 0 Å². The van der Waals surface area contributed by atoms with Crippen LogP contribution in [0.1, 0.15) is 31.2 Å². The van der Waals surface area contributed by atoms with Gasteiger partial charge in [-0.2, -0.15) is 0 Å². The number of nitrogens with zero attached hydrogens (tertiary/aromatic N) is 2. The van der Waals surface area contributed by atoms with Gasteiger partial charge in [0.2, 0.25) is 0 Å². The number of rotatable bonds is 2. The second-order valence-electron chi connectivity index (χ2n) is 5.96. The van der Waals surface area contributed by atoms with Crippen LogP contribution in [-0.2, 0) is 4.74 Å². The smallest absolute Gasteiger partial charge is 0.196 e. The molecule has 2 N–H and O–H groups in total. The summed E-state index contributed by atoms with van der Waals surface area (Å²) in [6, 6.07) is 8.42. The Labute approximate surface area is 120 Å². The molecule has 2 aliphatic rings. The Morgan fingerprint density at radius 3 is 2.65 bits per heavy atom. The third-order valence-electron chi connectivity index (χ3n) is 4.79. The van der Waals surface area contributed by atoms with Gasteiger partial charge < -0.3 is 15.4 Å². The van der Waals surface area contributed by atoms with E-state index in [1.807, 2.05) is 0 Å². The van der Waals surface area contributed by atoms with Gasteiger partial charge in [-0.1, -0.05) is 18.2 Å². The Morgan fingerprint density at radius 1 is 1.30 bits per heavy atom. The highest BCUT2D eigenvalue weighted by Crippen LogP contribution is 2.41. The molecule has 4 heteroatoms. The van der Waals surface area contributed by atoms with Crippen molar-refractivity contribution in [2.45, 2.75) is 44.2 Å². The van der Waals surface area contributed by atoms with Crippen LogP contribution in [0.4, 0.5) is 5.69 Å². The molecule has 0 saturated heterocycles. The second kappa shape index (κ2) is 5.09. The summed E-state index contributed by atoms with van der Waals surface area (Å²) in [5.74, 6) is 0.662. The van der Waals surface area contributed by atoms with Crippen molar-refractivity contribution in [1.82, 2.24) is 0 Å². The molecule has 0 bridgehead atoms. The summed E-state index contributed by atoms with van der Waals surface area (Å²) < 4.78 is 5.50. The molecule has 0 aromatic heterocycles. The second-order valence-corrected chi connectivity index (χ2v) is 5.96. The van der Waals surface area contributed by atoms with E-state index < -0.39 is 0 Å². The first-order chi connectivity index (χ1) is 9.66. The molecule has 1 saturated carbocycles. The average Bonchev–Trinajstić information content (AvgIpc) is 2.78. The first kappa shape index (κ1) is 13.4. The Morgan fingerprint density at radius 2 is 2.00 bits per heavy atom. The van der Waals surface area contributed by atoms with E-state index in [1.165, 1.54) is 11.3 Å². The van der Waals surface area contributed by atoms with Crippen molar-refractivity contribution in [3.05, 3.63) is 29.8 Å². The number of hydrogen-bond acceptors (Lipinski definition) is 4. The van der Waals surface area contributed by atoms with E-state index in [4.69, 9.17) is 10.5 Å². The van der Waals surface area contributed by atoms with Gasteiger partial charge in [0.05, 0.1) is 18.2 Å². The van der Waals surface area contributed by atoms with Crippen molar-refractivity contribution < 1.29 is 4.74 Å². The number of nitrogens with two attached hydrogens (primary N) is 1. The summed E-state index contributed by atoms with van der Waals surface area (Å²) in [4.78, 5) is 6.81. The summed E-state index contributed by atoms with van der Waals surface area (Å²) in [6.45, 7) is 2.94. The molecule has 1 heterocycles. The first-order valence-electron chi connectivity index (χ1n) is 7.35. The van der Waals surface area contributed by atoms with Crippen LogP contribution >= 0.6 is 0 Å². The van der Waals surface area contributed by atoms with Crippen molar-refractivity contribution in [1.29, 1.82) is 0 Å². The molecule has 1 aliphatic heterocycles. The number of benzene rings is 1. The molecule has 4 nitrogen and oxygen atoms in total. The highest BCUT2D eigenvalue weighted by atomic mass is 16.5. The predicted octanol–water partition coefficient (Wildman–Crippen LogP) is 2.46. The van der Waals surface area contributed by atoms with Crippen LogP contribution < -0.4 is 10.6 Å². The van der Waals surface area contributed by atoms with Gasteiger partial charge in [0.25, 0.3) is 0 Å². The minimum atomic E-state index is 0.0607. The van der Waals surface area contributed by atoms with Crippen LogP contribution in [0.2, 0.25) is 0 Å². The molecular formula is C16H23N3O. The van der Waals surface area contributed by atoms with Gasteiger partial charge in [0.15, 0.2) is 5.96 Å². The number of hydrogen-bond donors (Lipinski definition) is 1. The van der Waals surface area contributed by atoms with Gasteiger partial charge in [0, 0.05) is 12.8 Å². The Balaban J connectivity index is 1.92. The Hall–Kier alpha value is -1.55. The van der Waals surface area contributed by atoms with E-state index in [0.29, 0.717) is 12.1 Å². The van der Waals surface area contributed by atoms with Crippen LogP contribution in [0.5, 0.6) is 0 Å². The molecule has 0 radical (unpaired) electrons. The van der Waals surface area contributed by atoms with Crippen molar-refractivity contribution >= 4 is 11.6 Å². The molecule has 0 unspecified atom stereocenters. The van der Waals surface area contributed by atoms with E-state index in [0.717, 1.165) is 32.2 Å². The van der Waals surface area contributed by atoms with Gasteiger partial charge in [-0.15, -0.1) is 0 Å². The SMILES string of the molecule is COC1CCC2(CC1)CN=C(N)N2c1ccccc1C. The van der Waals surface area contributed by atoms with Crippen molar-refractivity contribution in [2.24, 2.45) is 10.7 Å². The minimum Gasteiger partial charge on any atom is -0.381 e. The molecule has 1 fully saturated rings. The van der Waals surface area contributed by atoms with E-state index in [9.17, 15) is 0 Å². The Kier molecular flexibility index (Phi) is 3.42. The Bertz CT molecular complexity index is 518. The standard InChI is InChI=1S/C16H23N3O/c1-12-5-3-4-6-14(12)19-15(17)18-11-16(19)9-7-13(20-2)8-10-16/h3-6,13H,7-11H2,1-2H3,(H2,17,18). The largest absolute Gasteiger partial charge is 0.381 e. The lowest BCUT2D eigenvalue weighted by atomic mass is 9.79. The average molecular weight is 273 g/mol. The zero-order valence-corrected chi connectivity index (χ0v) is 12.3. The van der Waals surface area contributed by atoms with Crippen molar-refractivity contribution in [3.63, 3.8) is 0 Å². The van der Waals surface area contributed by atoms with Crippen LogP contribution in [0.15, 0.2) is 29.3 Å². The van der Waals surface area contributed by atoms with Crippen LogP contribution in [0.3, 0.4) is 0 Å². The van der Waals surface area contributed by atoms with Crippen LogP contribution in [-0.4, -0.2) is 31.3 Å². The van der Waals surface area contributed by atoms with E-state index >= 15 is 0 Å². The fourth-order valence-electron chi connectivity index (χ4n) is 3.55. The lowest BCUT2D eigenvalue weighted by molar-refractivity contribution is 0.0532. The lowest BCUT2D eigenvalue weighted by Gasteiger charge is -2.44. The molecule has 1 aromatic rings. The van der Waals surface area contributed by atoms with Crippen molar-refractivity contribution in [3.8, 4) is 0 Å². The molecule has 1 aliphatic carbocycles. The van der Waals surface area contributed by atoms with E-state index in [1.54, 1.807) is 7.11 Å². The molecule has 20 heavy (non-hydrogen) atoms. The highest BCUT2D eigenvalue weighted by Gasteiger charge is 2.45. The quantitative estimate of drug-likeness (QED) is 0.900. The number of para-hydroxylation sites is 1. The van der Waals surface area contributed by atoms with Gasteiger partial charge in [-0.05, 0) is 44.2 Å². The maximum absolute atomic E-state index is 6.20. The van der Waals surface area contributed by atoms with E-state index in [-0.39, 0.29) is 5.54 Å². The first-order valence-corrected chi connectivity index (χ1v) is 7.35. The maximum atomic E-state index is 6.20. The fraction of sp³-hybridized carbons (Fsp3) is 0.562. The van der Waals surface area contributed by atoms with Crippen molar-refractivity contribution in [2.75, 3.05) is 18.6 Å². The predicted molar refractivity (Wildman–Crippen MR) is 82.1 cm³/mol. The summed E-state index contributed by atoms with van der Waals surface area (Å²) >= 11 is 0. The number of anilines is 1. The summed E-state index contributed by atoms with van der Waals surface area (Å²) in [6.07, 6.45) is 4.73. The monoisotopic (exact) mass is 273 g/mol. The number of methoxy groups -OCH3 is 1. The maximum Gasteiger partial charge on any atom is 0.196 e. The van der Waals surface area contributed by atoms with E-state index in [2.05, 4.69) is 41.1 Å². The summed E-state index contributed by atoms with van der Waals surface area (Å²) in [5, 5.41) is 0. The minimum absolute atomic E-state index is 0.0607. The van der Waals surface area contributed by atoms with Gasteiger partial charge in [-0.3, -0.25) is 4.99 Å². The number of ether oxygens (including phenoxy) is 1. The third kappa shape index (κ3) is 2.08. The summed E-state index contributed by atoms with van der Waals surface area (Å²) in [5.41, 5.74) is 8.71. The molecule has 3 rings (SSSR count). The summed E-state index contributed by atoms with van der Waals surface area (Å²) in [7, 11) is 1.81. The van der Waals surface area contributed by atoms with Gasteiger partial charge in [-0.25, -0.2) is 0 Å². The molecule has 108 valence electrons. The molecule has 0 amide bonds. The zero-order chi connectivity index (χ0) is 14.2. The zero-order valence-electron chi connectivity index (χ0n) is 12.3. The normalized spacial score (nSPS) is 29.8. The molecule has 1 spiro atoms. The number of aliphatic imine (C=N–C) groups is 1. The molecular weight excluding hydrogens is 250 g/mol. The highest BCUT2D eigenvalue weighted by molar-refractivity contribution is 5.99. The van der Waals surface area contributed by atoms with Crippen LogP contribution in [0.25, 0.3) is 0 Å². The third-order valence-corrected chi connectivity index (χ3v) is 4.79. The van der Waals surface area contributed by atoms with Crippen LogP contribution in [0, 0.1) is 6.92 Å². The molecule has 0 atom stereocenters. The topological polar surface area (TPSA) is 50.9 Å². The fourth-order valence-corrected chi connectivity index (χ4v) is 3.55.